The van der Waals surface area contributed by atoms with E-state index >= 15 is 0 Å². The van der Waals surface area contributed by atoms with Gasteiger partial charge in [-0.3, -0.25) is 9.59 Å². The molecule has 0 radical (unpaired) electrons. The number of nitrogens with zero attached hydrogens (tertiary/aromatic N) is 2. The Bertz CT molecular complexity index is 1150. The van der Waals surface area contributed by atoms with E-state index in [0.29, 0.717) is 16.0 Å². The predicted molar refractivity (Wildman–Crippen MR) is 99.7 cm³/mol. The second-order valence-electron chi connectivity index (χ2n) is 5.88. The van der Waals surface area contributed by atoms with Crippen LogP contribution in [-0.2, 0) is 22.3 Å². The summed E-state index contributed by atoms with van der Waals surface area (Å²) in [5.41, 5.74) is -0.543. The van der Waals surface area contributed by atoms with Crippen LogP contribution < -0.4 is 9.54 Å². The molecule has 1 aromatic heterocycles. The van der Waals surface area contributed by atoms with Gasteiger partial charge in [0.05, 0.1) is 30.0 Å². The first-order valence-electron chi connectivity index (χ1n) is 8.23. The van der Waals surface area contributed by atoms with Gasteiger partial charge in [0, 0.05) is 5.56 Å². The zero-order valence-electron chi connectivity index (χ0n) is 15.3. The van der Waals surface area contributed by atoms with Gasteiger partial charge in [-0.05, 0) is 36.4 Å². The van der Waals surface area contributed by atoms with Gasteiger partial charge in [-0.1, -0.05) is 17.4 Å². The largest absolute Gasteiger partial charge is 0.497 e. The monoisotopic (exact) mass is 424 g/mol. The summed E-state index contributed by atoms with van der Waals surface area (Å²) in [7, 11) is 2.73. The maximum atomic E-state index is 12.9. The number of hydrogen-bond acceptors (Lipinski definition) is 5. The smallest absolute Gasteiger partial charge is 0.416 e. The molecular formula is C19H15F3N2O4S. The standard InChI is InChI=1S/C19H15F3N2O4S/c1-27-13-6-7-14-15(9-13)29-18(24(14)10-16(25)28-2)23-17(26)11-4-3-5-12(8-11)19(20,21)22/h3-9H,10H2,1-2H3. The van der Waals surface area contributed by atoms with E-state index in [0.717, 1.165) is 29.5 Å². The number of methoxy groups -OCH3 is 2. The summed E-state index contributed by atoms with van der Waals surface area (Å²) in [6.07, 6.45) is -4.57. The molecule has 6 nitrogen and oxygen atoms in total. The number of rotatable bonds is 4. The van der Waals surface area contributed by atoms with E-state index in [-0.39, 0.29) is 16.9 Å². The Labute approximate surface area is 166 Å². The second kappa shape index (κ2) is 8.08. The lowest BCUT2D eigenvalue weighted by Crippen LogP contribution is -2.22. The fourth-order valence-electron chi connectivity index (χ4n) is 2.59. The first-order valence-corrected chi connectivity index (χ1v) is 9.05. The molecule has 0 spiro atoms. The number of carbonyl (C=O) groups excluding carboxylic acids is 2. The highest BCUT2D eigenvalue weighted by Crippen LogP contribution is 2.29. The van der Waals surface area contributed by atoms with Crippen molar-refractivity contribution >= 4 is 33.4 Å². The van der Waals surface area contributed by atoms with Crippen LogP contribution in [-0.4, -0.2) is 30.7 Å². The van der Waals surface area contributed by atoms with Crippen LogP contribution in [0.2, 0.25) is 0 Å². The number of alkyl halides is 3. The fraction of sp³-hybridized carbons (Fsp3) is 0.211. The quantitative estimate of drug-likeness (QED) is 0.600. The van der Waals surface area contributed by atoms with E-state index in [1.54, 1.807) is 18.2 Å². The molecule has 10 heteroatoms. The van der Waals surface area contributed by atoms with Gasteiger partial charge in [-0.2, -0.15) is 18.2 Å². The molecule has 0 aliphatic carbocycles. The van der Waals surface area contributed by atoms with Crippen molar-refractivity contribution in [2.75, 3.05) is 14.2 Å². The lowest BCUT2D eigenvalue weighted by molar-refractivity contribution is -0.141. The van der Waals surface area contributed by atoms with Gasteiger partial charge >= 0.3 is 12.1 Å². The summed E-state index contributed by atoms with van der Waals surface area (Å²) in [6, 6.07) is 9.10. The molecule has 0 bridgehead atoms. The van der Waals surface area contributed by atoms with Crippen LogP contribution in [0.4, 0.5) is 13.2 Å². The molecule has 29 heavy (non-hydrogen) atoms. The first-order chi connectivity index (χ1) is 13.7. The Morgan fingerprint density at radius 3 is 2.55 bits per heavy atom. The maximum absolute atomic E-state index is 12.9. The summed E-state index contributed by atoms with van der Waals surface area (Å²) >= 11 is 1.10. The Morgan fingerprint density at radius 2 is 1.90 bits per heavy atom. The van der Waals surface area contributed by atoms with Crippen LogP contribution in [0.25, 0.3) is 10.2 Å². The molecule has 3 aromatic rings. The van der Waals surface area contributed by atoms with Gasteiger partial charge in [0.15, 0.2) is 4.80 Å². The maximum Gasteiger partial charge on any atom is 0.416 e. The highest BCUT2D eigenvalue weighted by atomic mass is 32.1. The third-order valence-corrected chi connectivity index (χ3v) is 5.08. The van der Waals surface area contributed by atoms with Crippen LogP contribution in [0.1, 0.15) is 15.9 Å². The predicted octanol–water partition coefficient (Wildman–Crippen LogP) is 3.64. The van der Waals surface area contributed by atoms with Gasteiger partial charge in [-0.15, -0.1) is 0 Å². The fourth-order valence-corrected chi connectivity index (χ4v) is 3.65. The average Bonchev–Trinajstić information content (AvgIpc) is 3.03. The van der Waals surface area contributed by atoms with E-state index in [2.05, 4.69) is 9.73 Å². The van der Waals surface area contributed by atoms with Crippen molar-refractivity contribution in [3.8, 4) is 5.75 Å². The topological polar surface area (TPSA) is 69.9 Å². The van der Waals surface area contributed by atoms with E-state index in [9.17, 15) is 22.8 Å². The van der Waals surface area contributed by atoms with E-state index in [1.165, 1.54) is 24.9 Å². The van der Waals surface area contributed by atoms with Crippen molar-refractivity contribution in [3.05, 3.63) is 58.4 Å². The number of carbonyl (C=O) groups is 2. The van der Waals surface area contributed by atoms with Crippen molar-refractivity contribution in [3.63, 3.8) is 0 Å². The Kier molecular flexibility index (Phi) is 5.73. The molecule has 0 aliphatic heterocycles. The summed E-state index contributed by atoms with van der Waals surface area (Å²) in [6.45, 7) is -0.211. The number of fused-ring (bicyclic) bond motifs is 1. The van der Waals surface area contributed by atoms with Crippen LogP contribution >= 0.6 is 11.3 Å². The number of thiazole rings is 1. The summed E-state index contributed by atoms with van der Waals surface area (Å²) in [4.78, 5) is 28.4. The third-order valence-electron chi connectivity index (χ3n) is 4.04. The van der Waals surface area contributed by atoms with Gasteiger partial charge in [0.25, 0.3) is 5.91 Å². The average molecular weight is 424 g/mol. The van der Waals surface area contributed by atoms with E-state index in [1.807, 2.05) is 0 Å². The zero-order valence-corrected chi connectivity index (χ0v) is 16.1. The molecule has 0 N–H and O–H groups in total. The summed E-state index contributed by atoms with van der Waals surface area (Å²) in [5, 5.41) is 0. The number of halogens is 3. The molecule has 0 saturated heterocycles. The zero-order chi connectivity index (χ0) is 21.2. The van der Waals surface area contributed by atoms with Gasteiger partial charge in [-0.25, -0.2) is 0 Å². The molecule has 0 unspecified atom stereocenters. The molecule has 1 amide bonds. The van der Waals surface area contributed by atoms with Crippen molar-refractivity contribution in [1.29, 1.82) is 0 Å². The number of ether oxygens (including phenoxy) is 2. The van der Waals surface area contributed by atoms with Gasteiger partial charge in [0.1, 0.15) is 12.3 Å². The van der Waals surface area contributed by atoms with Crippen molar-refractivity contribution in [2.24, 2.45) is 4.99 Å². The van der Waals surface area contributed by atoms with Crippen molar-refractivity contribution in [2.45, 2.75) is 12.7 Å². The molecule has 1 heterocycles. The highest BCUT2D eigenvalue weighted by Gasteiger charge is 2.30. The minimum absolute atomic E-state index is 0.154. The minimum atomic E-state index is -4.57. The molecule has 0 atom stereocenters. The number of esters is 1. The number of hydrogen-bond donors (Lipinski definition) is 0. The number of benzene rings is 2. The SMILES string of the molecule is COC(=O)Cn1c(=NC(=O)c2cccc(C(F)(F)F)c2)sc2cc(OC)ccc21. The molecule has 0 saturated carbocycles. The van der Waals surface area contributed by atoms with Crippen LogP contribution in [0, 0.1) is 0 Å². The highest BCUT2D eigenvalue weighted by molar-refractivity contribution is 7.16. The van der Waals surface area contributed by atoms with Crippen molar-refractivity contribution in [1.82, 2.24) is 4.57 Å². The second-order valence-corrected chi connectivity index (χ2v) is 6.89. The van der Waals surface area contributed by atoms with Gasteiger partial charge < -0.3 is 14.0 Å². The lowest BCUT2D eigenvalue weighted by Gasteiger charge is -2.07. The molecule has 0 fully saturated rings. The Hall–Kier alpha value is -3.14. The minimum Gasteiger partial charge on any atom is -0.497 e. The Morgan fingerprint density at radius 1 is 1.14 bits per heavy atom. The van der Waals surface area contributed by atoms with E-state index < -0.39 is 23.6 Å². The molecule has 152 valence electrons. The lowest BCUT2D eigenvalue weighted by atomic mass is 10.1. The Balaban J connectivity index is 2.12. The van der Waals surface area contributed by atoms with E-state index in [4.69, 9.17) is 4.74 Å². The molecule has 0 aliphatic rings. The van der Waals surface area contributed by atoms with Crippen LogP contribution in [0.5, 0.6) is 5.75 Å². The summed E-state index contributed by atoms with van der Waals surface area (Å²) in [5.74, 6) is -0.846. The molecule has 3 rings (SSSR count). The third kappa shape index (κ3) is 4.48. The molecular weight excluding hydrogens is 409 g/mol. The number of aromatic nitrogens is 1. The van der Waals surface area contributed by atoms with Crippen molar-refractivity contribution < 1.29 is 32.2 Å². The number of amides is 1. The van der Waals surface area contributed by atoms with Gasteiger partial charge in [0.2, 0.25) is 0 Å². The molecule has 2 aromatic carbocycles. The van der Waals surface area contributed by atoms with Crippen LogP contribution in [0.15, 0.2) is 47.5 Å². The summed E-state index contributed by atoms with van der Waals surface area (Å²) < 4.78 is 50.7. The first kappa shape index (κ1) is 20.6. The van der Waals surface area contributed by atoms with Crippen LogP contribution in [0.3, 0.4) is 0 Å². The normalized spacial score (nSPS) is 12.2.